The summed E-state index contributed by atoms with van der Waals surface area (Å²) < 4.78 is 20.9. The van der Waals surface area contributed by atoms with Gasteiger partial charge in [0.25, 0.3) is 5.56 Å². The van der Waals surface area contributed by atoms with Crippen molar-refractivity contribution in [1.82, 2.24) is 9.66 Å². The number of fused-ring (bicyclic) bond motifs is 1. The number of halogens is 3. The molecule has 190 valence electrons. The Kier molecular flexibility index (Phi) is 7.42. The molecule has 37 heavy (non-hydrogen) atoms. The molecule has 0 bridgehead atoms. The van der Waals surface area contributed by atoms with Crippen LogP contribution >= 0.6 is 27.5 Å². The predicted octanol–water partition coefficient (Wildman–Crippen LogP) is 6.62. The van der Waals surface area contributed by atoms with Crippen LogP contribution in [0.1, 0.15) is 37.7 Å². The van der Waals surface area contributed by atoms with Crippen LogP contribution in [-0.2, 0) is 12.0 Å². The van der Waals surface area contributed by atoms with Crippen molar-refractivity contribution in [3.8, 4) is 5.75 Å². The molecule has 0 spiro atoms. The molecule has 0 N–H and O–H groups in total. The van der Waals surface area contributed by atoms with E-state index in [4.69, 9.17) is 16.3 Å². The molecule has 4 aromatic rings. The van der Waals surface area contributed by atoms with E-state index in [1.54, 1.807) is 18.2 Å². The zero-order valence-electron chi connectivity index (χ0n) is 20.0. The van der Waals surface area contributed by atoms with Crippen LogP contribution in [0.15, 0.2) is 69.0 Å². The topological polar surface area (TPSA) is 99.6 Å². The maximum Gasteiger partial charge on any atom is 0.313 e. The zero-order valence-corrected chi connectivity index (χ0v) is 22.4. The van der Waals surface area contributed by atoms with Crippen LogP contribution in [0.2, 0.25) is 5.02 Å². The van der Waals surface area contributed by atoms with Gasteiger partial charge in [-0.15, -0.1) is 0 Å². The molecule has 0 radical (unpaired) electrons. The minimum atomic E-state index is -0.620. The fourth-order valence-electron chi connectivity index (χ4n) is 3.59. The number of nitro benzene ring substituents is 1. The average molecular weight is 588 g/mol. The van der Waals surface area contributed by atoms with Gasteiger partial charge in [-0.25, -0.2) is 9.37 Å². The number of nitro groups is 1. The van der Waals surface area contributed by atoms with Crippen molar-refractivity contribution in [1.29, 1.82) is 0 Å². The minimum absolute atomic E-state index is 0.0671. The zero-order chi connectivity index (χ0) is 26.9. The van der Waals surface area contributed by atoms with Gasteiger partial charge in [-0.2, -0.15) is 9.78 Å². The Hall–Kier alpha value is -3.63. The fraction of sp³-hybridized carbons (Fsp3) is 0.192. The molecule has 0 saturated heterocycles. The second kappa shape index (κ2) is 10.4. The van der Waals surface area contributed by atoms with Crippen LogP contribution in [0.4, 0.5) is 10.1 Å². The molecule has 1 heterocycles. The molecular weight excluding hydrogens is 567 g/mol. The normalized spacial score (nSPS) is 11.8. The summed E-state index contributed by atoms with van der Waals surface area (Å²) in [5.74, 6) is -0.108. The highest BCUT2D eigenvalue weighted by Crippen LogP contribution is 2.34. The third-order valence-electron chi connectivity index (χ3n) is 5.35. The van der Waals surface area contributed by atoms with E-state index in [2.05, 4.69) is 26.0 Å². The highest BCUT2D eigenvalue weighted by atomic mass is 79.9. The predicted molar refractivity (Wildman–Crippen MR) is 144 cm³/mol. The van der Waals surface area contributed by atoms with Crippen molar-refractivity contribution in [2.24, 2.45) is 5.10 Å². The molecule has 1 aromatic heterocycles. The molecule has 11 heteroatoms. The smallest absolute Gasteiger partial charge is 0.313 e. The molecule has 8 nitrogen and oxygen atoms in total. The lowest BCUT2D eigenvalue weighted by Gasteiger charge is -2.21. The van der Waals surface area contributed by atoms with Crippen LogP contribution in [0.5, 0.6) is 5.75 Å². The third kappa shape index (κ3) is 5.86. The number of rotatable bonds is 6. The molecular formula is C26H21BrClFN4O4. The van der Waals surface area contributed by atoms with E-state index in [1.165, 1.54) is 47.3 Å². The van der Waals surface area contributed by atoms with Crippen LogP contribution in [0, 0.1) is 15.9 Å². The molecule has 0 fully saturated rings. The van der Waals surface area contributed by atoms with E-state index < -0.39 is 21.7 Å². The fourth-order valence-corrected chi connectivity index (χ4v) is 4.17. The van der Waals surface area contributed by atoms with Crippen molar-refractivity contribution in [2.45, 2.75) is 32.8 Å². The third-order valence-corrected chi connectivity index (χ3v) is 6.06. The van der Waals surface area contributed by atoms with Crippen molar-refractivity contribution < 1.29 is 14.1 Å². The van der Waals surface area contributed by atoms with Crippen LogP contribution < -0.4 is 10.3 Å². The average Bonchev–Trinajstić information content (AvgIpc) is 2.83. The summed E-state index contributed by atoms with van der Waals surface area (Å²) in [5, 5.41) is 16.6. The van der Waals surface area contributed by atoms with Gasteiger partial charge in [-0.3, -0.25) is 14.9 Å². The Morgan fingerprint density at radius 1 is 1.19 bits per heavy atom. The molecule has 0 saturated carbocycles. The lowest BCUT2D eigenvalue weighted by atomic mass is 9.95. The summed E-state index contributed by atoms with van der Waals surface area (Å²) in [5.41, 5.74) is -0.0319. The summed E-state index contributed by atoms with van der Waals surface area (Å²) in [4.78, 5) is 29.2. The summed E-state index contributed by atoms with van der Waals surface area (Å²) >= 11 is 9.54. The number of hydrogen-bond acceptors (Lipinski definition) is 6. The van der Waals surface area contributed by atoms with Gasteiger partial charge in [0.05, 0.1) is 22.0 Å². The Labute approximate surface area is 224 Å². The van der Waals surface area contributed by atoms with Crippen LogP contribution in [0.3, 0.4) is 0 Å². The van der Waals surface area contributed by atoms with Crippen molar-refractivity contribution in [2.75, 3.05) is 0 Å². The summed E-state index contributed by atoms with van der Waals surface area (Å²) in [6.45, 7) is 5.62. The molecule has 0 aliphatic rings. The molecule has 0 amide bonds. The van der Waals surface area contributed by atoms with E-state index in [1.807, 2.05) is 20.8 Å². The first-order chi connectivity index (χ1) is 17.4. The maximum absolute atomic E-state index is 13.4. The lowest BCUT2D eigenvalue weighted by molar-refractivity contribution is -0.385. The molecule has 3 aromatic carbocycles. The second-order valence-corrected chi connectivity index (χ2v) is 10.6. The standard InChI is InChI=1S/C26H21BrClFN4O4/c1-26(2,3)25-31-21-9-6-17(27)11-20(21)24(34)32(25)30-13-16-10-18(28)12-22(33(35)36)23(16)37-14-15-4-7-19(29)8-5-15/h4-13H,14H2,1-3H3. The van der Waals surface area contributed by atoms with Crippen molar-refractivity contribution >= 4 is 50.3 Å². The molecule has 4 rings (SSSR count). The van der Waals surface area contributed by atoms with Gasteiger partial charge in [-0.05, 0) is 42.0 Å². The number of ether oxygens (including phenoxy) is 1. The van der Waals surface area contributed by atoms with E-state index in [9.17, 15) is 19.3 Å². The quantitative estimate of drug-likeness (QED) is 0.143. The van der Waals surface area contributed by atoms with Crippen molar-refractivity contribution in [3.05, 3.63) is 107 Å². The summed E-state index contributed by atoms with van der Waals surface area (Å²) in [6, 6.07) is 13.4. The number of aromatic nitrogens is 2. The van der Waals surface area contributed by atoms with E-state index in [-0.39, 0.29) is 28.6 Å². The first-order valence-electron chi connectivity index (χ1n) is 11.1. The second-order valence-electron chi connectivity index (χ2n) is 9.22. The number of hydrogen-bond donors (Lipinski definition) is 0. The van der Waals surface area contributed by atoms with Gasteiger partial charge in [-0.1, -0.05) is 60.4 Å². The Balaban J connectivity index is 1.85. The Morgan fingerprint density at radius 2 is 1.89 bits per heavy atom. The first-order valence-corrected chi connectivity index (χ1v) is 12.2. The molecule has 0 aliphatic heterocycles. The van der Waals surface area contributed by atoms with Gasteiger partial charge < -0.3 is 4.74 Å². The maximum atomic E-state index is 13.4. The van der Waals surface area contributed by atoms with Crippen molar-refractivity contribution in [3.63, 3.8) is 0 Å². The number of nitrogens with zero attached hydrogens (tertiary/aromatic N) is 4. The Bertz CT molecular complexity index is 1600. The van der Waals surface area contributed by atoms with E-state index in [0.29, 0.717) is 26.8 Å². The monoisotopic (exact) mass is 586 g/mol. The minimum Gasteiger partial charge on any atom is -0.481 e. The molecule has 0 atom stereocenters. The molecule has 0 unspecified atom stereocenters. The largest absolute Gasteiger partial charge is 0.481 e. The van der Waals surface area contributed by atoms with Gasteiger partial charge in [0.1, 0.15) is 18.2 Å². The molecule has 0 aliphatic carbocycles. The van der Waals surface area contributed by atoms with Crippen LogP contribution in [0.25, 0.3) is 10.9 Å². The highest BCUT2D eigenvalue weighted by Gasteiger charge is 2.24. The van der Waals surface area contributed by atoms with E-state index >= 15 is 0 Å². The summed E-state index contributed by atoms with van der Waals surface area (Å²) in [7, 11) is 0. The van der Waals surface area contributed by atoms with Gasteiger partial charge in [0.2, 0.25) is 5.75 Å². The van der Waals surface area contributed by atoms with Gasteiger partial charge in [0.15, 0.2) is 0 Å². The highest BCUT2D eigenvalue weighted by molar-refractivity contribution is 9.10. The number of benzene rings is 3. The van der Waals surface area contributed by atoms with Gasteiger partial charge in [0, 0.05) is 26.5 Å². The van der Waals surface area contributed by atoms with E-state index in [0.717, 1.165) is 0 Å². The van der Waals surface area contributed by atoms with Gasteiger partial charge >= 0.3 is 5.69 Å². The Morgan fingerprint density at radius 3 is 2.54 bits per heavy atom. The SMILES string of the molecule is CC(C)(C)c1nc2ccc(Br)cc2c(=O)n1N=Cc1cc(Cl)cc([N+](=O)[O-])c1OCc1ccc(F)cc1. The van der Waals surface area contributed by atoms with Crippen LogP contribution in [-0.4, -0.2) is 20.8 Å². The summed E-state index contributed by atoms with van der Waals surface area (Å²) in [6.07, 6.45) is 1.28. The lowest BCUT2D eigenvalue weighted by Crippen LogP contribution is -2.29. The first kappa shape index (κ1) is 26.4.